The summed E-state index contributed by atoms with van der Waals surface area (Å²) in [5.41, 5.74) is 3.96. The molecule has 1 aliphatic carbocycles. The molecular formula is C26H28N2O3S2. The average molecular weight is 481 g/mol. The number of nitrogens with one attached hydrogen (secondary N) is 1. The Bertz CT molecular complexity index is 1090. The van der Waals surface area contributed by atoms with E-state index in [0.717, 1.165) is 42.5 Å². The Morgan fingerprint density at radius 1 is 1.12 bits per heavy atom. The van der Waals surface area contributed by atoms with Gasteiger partial charge in [0.2, 0.25) is 0 Å². The molecule has 33 heavy (non-hydrogen) atoms. The Labute approximate surface area is 204 Å². The fourth-order valence-electron chi connectivity index (χ4n) is 4.11. The van der Waals surface area contributed by atoms with Crippen molar-refractivity contribution in [2.75, 3.05) is 11.9 Å². The highest BCUT2D eigenvalue weighted by Gasteiger charge is 2.37. The fraction of sp³-hybridized carbons (Fsp3) is 0.346. The summed E-state index contributed by atoms with van der Waals surface area (Å²) in [6.07, 6.45) is 7.49. The molecule has 1 N–H and O–H groups in total. The van der Waals surface area contributed by atoms with Gasteiger partial charge in [0, 0.05) is 11.7 Å². The van der Waals surface area contributed by atoms with Crippen molar-refractivity contribution >= 4 is 51.9 Å². The van der Waals surface area contributed by atoms with Gasteiger partial charge in [-0.1, -0.05) is 61.4 Å². The number of anilines is 1. The first kappa shape index (κ1) is 23.5. The number of carbonyl (C=O) groups is 2. The zero-order valence-electron chi connectivity index (χ0n) is 18.9. The molecule has 1 aliphatic heterocycles. The molecule has 2 amide bonds. The molecule has 2 aromatic rings. The number of ether oxygens (including phenoxy) is 1. The lowest BCUT2D eigenvalue weighted by Gasteiger charge is -2.29. The second kappa shape index (κ2) is 10.5. The van der Waals surface area contributed by atoms with E-state index in [1.165, 1.54) is 23.7 Å². The maximum absolute atomic E-state index is 12.9. The van der Waals surface area contributed by atoms with Gasteiger partial charge in [-0.25, -0.2) is 0 Å². The van der Waals surface area contributed by atoms with Gasteiger partial charge in [0.15, 0.2) is 6.61 Å². The number of benzene rings is 2. The predicted molar refractivity (Wildman–Crippen MR) is 138 cm³/mol. The minimum atomic E-state index is -0.214. The number of aryl methyl sites for hydroxylation is 2. The summed E-state index contributed by atoms with van der Waals surface area (Å²) < 4.78 is 6.28. The van der Waals surface area contributed by atoms with Crippen molar-refractivity contribution in [3.8, 4) is 5.75 Å². The van der Waals surface area contributed by atoms with Crippen LogP contribution in [0.4, 0.5) is 5.69 Å². The smallest absolute Gasteiger partial charge is 0.266 e. The number of hydrogen-bond donors (Lipinski definition) is 1. The van der Waals surface area contributed by atoms with Crippen molar-refractivity contribution in [3.63, 3.8) is 0 Å². The zero-order valence-corrected chi connectivity index (χ0v) is 20.6. The summed E-state index contributed by atoms with van der Waals surface area (Å²) in [6.45, 7) is 3.97. The first-order valence-electron chi connectivity index (χ1n) is 11.3. The third kappa shape index (κ3) is 5.84. The molecule has 4 rings (SSSR count). The lowest BCUT2D eigenvalue weighted by molar-refractivity contribution is -0.124. The van der Waals surface area contributed by atoms with Crippen molar-refractivity contribution in [1.82, 2.24) is 4.90 Å². The lowest BCUT2D eigenvalue weighted by atomic mass is 9.94. The summed E-state index contributed by atoms with van der Waals surface area (Å²) >= 11 is 6.88. The monoisotopic (exact) mass is 480 g/mol. The quantitative estimate of drug-likeness (QED) is 0.415. The van der Waals surface area contributed by atoms with Crippen LogP contribution in [-0.2, 0) is 9.59 Å². The topological polar surface area (TPSA) is 58.6 Å². The van der Waals surface area contributed by atoms with E-state index in [9.17, 15) is 9.59 Å². The van der Waals surface area contributed by atoms with Crippen molar-refractivity contribution in [2.45, 2.75) is 52.0 Å². The van der Waals surface area contributed by atoms with Crippen LogP contribution in [0.2, 0.25) is 0 Å². The molecule has 7 heteroatoms. The first-order chi connectivity index (χ1) is 15.9. The summed E-state index contributed by atoms with van der Waals surface area (Å²) in [7, 11) is 0. The highest BCUT2D eigenvalue weighted by atomic mass is 32.2. The number of rotatable bonds is 6. The van der Waals surface area contributed by atoms with Gasteiger partial charge in [-0.15, -0.1) is 0 Å². The highest BCUT2D eigenvalue weighted by Crippen LogP contribution is 2.37. The Morgan fingerprint density at radius 3 is 2.55 bits per heavy atom. The molecule has 172 valence electrons. The second-order valence-electron chi connectivity index (χ2n) is 8.55. The van der Waals surface area contributed by atoms with Crippen LogP contribution < -0.4 is 10.1 Å². The minimum absolute atomic E-state index is 0.0141. The summed E-state index contributed by atoms with van der Waals surface area (Å²) in [5.74, 6) is 0.395. The van der Waals surface area contributed by atoms with Gasteiger partial charge in [-0.2, -0.15) is 0 Å². The van der Waals surface area contributed by atoms with Crippen LogP contribution in [0.1, 0.15) is 48.8 Å². The van der Waals surface area contributed by atoms with E-state index < -0.39 is 0 Å². The molecule has 0 unspecified atom stereocenters. The normalized spacial score (nSPS) is 18.1. The largest absolute Gasteiger partial charge is 0.484 e. The Balaban J connectivity index is 1.33. The third-order valence-electron chi connectivity index (χ3n) is 6.10. The van der Waals surface area contributed by atoms with E-state index in [0.29, 0.717) is 15.0 Å². The molecule has 1 saturated heterocycles. The maximum atomic E-state index is 12.9. The lowest BCUT2D eigenvalue weighted by Crippen LogP contribution is -2.39. The number of thiocarbonyl (C=S) groups is 1. The van der Waals surface area contributed by atoms with Crippen molar-refractivity contribution in [2.24, 2.45) is 0 Å². The summed E-state index contributed by atoms with van der Waals surface area (Å²) in [4.78, 5) is 27.6. The third-order valence-corrected chi connectivity index (χ3v) is 7.43. The van der Waals surface area contributed by atoms with Crippen molar-refractivity contribution in [1.29, 1.82) is 0 Å². The number of hydrogen-bond acceptors (Lipinski definition) is 5. The molecule has 2 aromatic carbocycles. The molecule has 0 radical (unpaired) electrons. The maximum Gasteiger partial charge on any atom is 0.266 e. The second-order valence-corrected chi connectivity index (χ2v) is 10.2. The van der Waals surface area contributed by atoms with Gasteiger partial charge in [-0.05, 0) is 73.7 Å². The fourth-order valence-corrected chi connectivity index (χ4v) is 5.51. The Kier molecular flexibility index (Phi) is 7.50. The molecule has 0 aromatic heterocycles. The van der Waals surface area contributed by atoms with Gasteiger partial charge in [0.25, 0.3) is 11.8 Å². The molecule has 5 nitrogen and oxygen atoms in total. The SMILES string of the molecule is Cc1ccc(NC(=O)COc2ccc(/C=C3/SC(=S)N(C4CCCCC4)C3=O)cc2)cc1C. The van der Waals surface area contributed by atoms with Crippen LogP contribution in [0.25, 0.3) is 6.08 Å². The van der Waals surface area contributed by atoms with Crippen LogP contribution in [0.15, 0.2) is 47.4 Å². The van der Waals surface area contributed by atoms with Crippen LogP contribution >= 0.6 is 24.0 Å². The average Bonchev–Trinajstić information content (AvgIpc) is 3.09. The van der Waals surface area contributed by atoms with E-state index in [-0.39, 0.29) is 24.5 Å². The molecule has 0 bridgehead atoms. The van der Waals surface area contributed by atoms with Gasteiger partial charge < -0.3 is 10.1 Å². The molecule has 0 atom stereocenters. The van der Waals surface area contributed by atoms with Crippen molar-refractivity contribution < 1.29 is 14.3 Å². The van der Waals surface area contributed by atoms with Crippen LogP contribution in [0.3, 0.4) is 0 Å². The minimum Gasteiger partial charge on any atom is -0.484 e. The van der Waals surface area contributed by atoms with Crippen molar-refractivity contribution in [3.05, 3.63) is 64.1 Å². The Hall–Kier alpha value is -2.64. The summed E-state index contributed by atoms with van der Waals surface area (Å²) in [6, 6.07) is 13.4. The predicted octanol–water partition coefficient (Wildman–Crippen LogP) is 5.85. The highest BCUT2D eigenvalue weighted by molar-refractivity contribution is 8.26. The Morgan fingerprint density at radius 2 is 1.85 bits per heavy atom. The van der Waals surface area contributed by atoms with Gasteiger partial charge in [0.05, 0.1) is 4.91 Å². The van der Waals surface area contributed by atoms with Crippen LogP contribution in [-0.4, -0.2) is 33.7 Å². The van der Waals surface area contributed by atoms with E-state index in [4.69, 9.17) is 17.0 Å². The van der Waals surface area contributed by atoms with E-state index in [2.05, 4.69) is 5.32 Å². The molecule has 0 spiro atoms. The number of amides is 2. The number of carbonyl (C=O) groups excluding carboxylic acids is 2. The molecule has 2 fully saturated rings. The molecule has 2 aliphatic rings. The van der Waals surface area contributed by atoms with Gasteiger partial charge in [-0.3, -0.25) is 14.5 Å². The zero-order chi connectivity index (χ0) is 23.4. The molecule has 1 heterocycles. The molecule has 1 saturated carbocycles. The van der Waals surface area contributed by atoms with Gasteiger partial charge >= 0.3 is 0 Å². The summed E-state index contributed by atoms with van der Waals surface area (Å²) in [5, 5.41) is 2.85. The van der Waals surface area contributed by atoms with Crippen LogP contribution in [0, 0.1) is 13.8 Å². The van der Waals surface area contributed by atoms with E-state index in [1.54, 1.807) is 12.1 Å². The van der Waals surface area contributed by atoms with E-state index >= 15 is 0 Å². The number of thioether (sulfide) groups is 1. The first-order valence-corrected chi connectivity index (χ1v) is 12.5. The number of nitrogens with zero attached hydrogens (tertiary/aromatic N) is 1. The standard InChI is InChI=1S/C26H28N2O3S2/c1-17-8-11-20(14-18(17)2)27-24(29)16-31-22-12-9-19(10-13-22)15-23-25(30)28(26(32)33-23)21-6-4-3-5-7-21/h8-15,21H,3-7,16H2,1-2H3,(H,27,29)/b23-15+. The van der Waals surface area contributed by atoms with Crippen LogP contribution in [0.5, 0.6) is 5.75 Å². The molecular weight excluding hydrogens is 452 g/mol. The van der Waals surface area contributed by atoms with E-state index in [1.807, 2.05) is 55.2 Å². The van der Waals surface area contributed by atoms with Gasteiger partial charge in [0.1, 0.15) is 10.1 Å².